The molecule has 1 rings (SSSR count). The summed E-state index contributed by atoms with van der Waals surface area (Å²) in [4.78, 5) is 20.0. The minimum absolute atomic E-state index is 0.111. The lowest BCUT2D eigenvalue weighted by molar-refractivity contribution is -0.0760. The van der Waals surface area contributed by atoms with E-state index in [-0.39, 0.29) is 10.7 Å². The van der Waals surface area contributed by atoms with E-state index in [1.54, 1.807) is 0 Å². The van der Waals surface area contributed by atoms with Gasteiger partial charge in [0.15, 0.2) is 0 Å². The van der Waals surface area contributed by atoms with Gasteiger partial charge in [-0.15, -0.1) is 0 Å². The minimum atomic E-state index is -0.422. The molecule has 76 valence electrons. The molecule has 0 aromatic carbocycles. The maximum Gasteiger partial charge on any atom is 0.297 e. The quantitative estimate of drug-likeness (QED) is 0.736. The average molecular weight is 235 g/mol. The van der Waals surface area contributed by atoms with Gasteiger partial charge in [0.05, 0.1) is 17.2 Å². The van der Waals surface area contributed by atoms with Gasteiger partial charge >= 0.3 is 0 Å². The first-order valence-electron chi connectivity index (χ1n) is 3.69. The average Bonchev–Trinajstić information content (AvgIpc) is 2.15. The lowest BCUT2D eigenvalue weighted by atomic mass is 10.3. The third-order valence-electron chi connectivity index (χ3n) is 1.57. The Morgan fingerprint density at radius 2 is 2.21 bits per heavy atom. The van der Waals surface area contributed by atoms with Crippen LogP contribution in [0, 0.1) is 0 Å². The van der Waals surface area contributed by atoms with Crippen LogP contribution in [0.2, 0.25) is 10.0 Å². The molecule has 0 atom stereocenters. The summed E-state index contributed by atoms with van der Waals surface area (Å²) in [5.74, 6) is -0.422. The van der Waals surface area contributed by atoms with Crippen molar-refractivity contribution in [3.05, 3.63) is 28.0 Å². The second-order valence-electron chi connectivity index (χ2n) is 2.47. The summed E-state index contributed by atoms with van der Waals surface area (Å²) >= 11 is 11.4. The number of carbonyl (C=O) groups is 1. The van der Waals surface area contributed by atoms with Gasteiger partial charge in [0.25, 0.3) is 5.91 Å². The van der Waals surface area contributed by atoms with E-state index in [1.165, 1.54) is 26.4 Å². The molecule has 0 fully saturated rings. The first kappa shape index (κ1) is 11.2. The van der Waals surface area contributed by atoms with Crippen molar-refractivity contribution < 1.29 is 9.63 Å². The lowest BCUT2D eigenvalue weighted by Crippen LogP contribution is -2.26. The minimum Gasteiger partial charge on any atom is -0.274 e. The van der Waals surface area contributed by atoms with Crippen LogP contribution in [0.5, 0.6) is 0 Å². The number of hydroxylamine groups is 2. The topological polar surface area (TPSA) is 42.4 Å². The number of hydrogen-bond acceptors (Lipinski definition) is 3. The first-order valence-corrected chi connectivity index (χ1v) is 4.45. The number of nitrogens with zero attached hydrogens (tertiary/aromatic N) is 2. The molecular weight excluding hydrogens is 227 g/mol. The molecule has 0 aliphatic rings. The van der Waals surface area contributed by atoms with Crippen molar-refractivity contribution >= 4 is 29.1 Å². The van der Waals surface area contributed by atoms with Gasteiger partial charge in [-0.2, -0.15) is 0 Å². The highest BCUT2D eigenvalue weighted by atomic mass is 35.5. The summed E-state index contributed by atoms with van der Waals surface area (Å²) in [6.45, 7) is 0. The highest BCUT2D eigenvalue weighted by Crippen LogP contribution is 2.19. The molecule has 1 aromatic rings. The van der Waals surface area contributed by atoms with E-state index >= 15 is 0 Å². The molecule has 0 N–H and O–H groups in total. The van der Waals surface area contributed by atoms with Crippen molar-refractivity contribution in [1.82, 2.24) is 10.0 Å². The molecule has 14 heavy (non-hydrogen) atoms. The van der Waals surface area contributed by atoms with E-state index in [4.69, 9.17) is 28.0 Å². The lowest BCUT2D eigenvalue weighted by Gasteiger charge is -2.13. The van der Waals surface area contributed by atoms with E-state index in [9.17, 15) is 4.79 Å². The molecular formula is C8H8Cl2N2O2. The molecule has 4 nitrogen and oxygen atoms in total. The van der Waals surface area contributed by atoms with Gasteiger partial charge in [0.2, 0.25) is 0 Å². The van der Waals surface area contributed by atoms with Crippen molar-refractivity contribution in [2.75, 3.05) is 14.2 Å². The first-order chi connectivity index (χ1) is 6.56. The Kier molecular flexibility index (Phi) is 3.69. The standard InChI is InChI=1S/C8H8Cl2N2O2/c1-12(14-2)8(13)7-6(10)3-5(9)4-11-7/h3-4H,1-2H3. The number of aromatic nitrogens is 1. The van der Waals surface area contributed by atoms with E-state index in [0.717, 1.165) is 5.06 Å². The number of amides is 1. The summed E-state index contributed by atoms with van der Waals surface area (Å²) in [5, 5.41) is 1.61. The van der Waals surface area contributed by atoms with Crippen LogP contribution in [0.1, 0.15) is 10.5 Å². The smallest absolute Gasteiger partial charge is 0.274 e. The van der Waals surface area contributed by atoms with Gasteiger partial charge in [-0.05, 0) is 6.07 Å². The van der Waals surface area contributed by atoms with Crippen LogP contribution >= 0.6 is 23.2 Å². The van der Waals surface area contributed by atoms with Crippen molar-refractivity contribution in [3.63, 3.8) is 0 Å². The Bertz CT molecular complexity index is 357. The Morgan fingerprint density at radius 1 is 1.57 bits per heavy atom. The number of carbonyl (C=O) groups excluding carboxylic acids is 1. The molecule has 1 aromatic heterocycles. The van der Waals surface area contributed by atoms with Crippen molar-refractivity contribution in [2.45, 2.75) is 0 Å². The van der Waals surface area contributed by atoms with Gasteiger partial charge in [0.1, 0.15) is 5.69 Å². The summed E-state index contributed by atoms with van der Waals surface area (Å²) in [7, 11) is 2.84. The van der Waals surface area contributed by atoms with E-state index < -0.39 is 5.91 Å². The predicted molar refractivity (Wildman–Crippen MR) is 53.4 cm³/mol. The fourth-order valence-electron chi connectivity index (χ4n) is 0.804. The van der Waals surface area contributed by atoms with Crippen LogP contribution in [-0.4, -0.2) is 30.1 Å². The Morgan fingerprint density at radius 3 is 2.71 bits per heavy atom. The number of rotatable bonds is 2. The molecule has 1 heterocycles. The van der Waals surface area contributed by atoms with Crippen molar-refractivity contribution in [1.29, 1.82) is 0 Å². The molecule has 0 radical (unpaired) electrons. The molecule has 0 spiro atoms. The van der Waals surface area contributed by atoms with Gasteiger partial charge in [0, 0.05) is 13.2 Å². The zero-order valence-electron chi connectivity index (χ0n) is 7.62. The SMILES string of the molecule is CON(C)C(=O)c1ncc(Cl)cc1Cl. The molecule has 0 aliphatic heterocycles. The highest BCUT2D eigenvalue weighted by molar-refractivity contribution is 6.36. The zero-order valence-corrected chi connectivity index (χ0v) is 9.13. The molecule has 6 heteroatoms. The molecule has 1 amide bonds. The second kappa shape index (κ2) is 4.59. The number of halogens is 2. The predicted octanol–water partition coefficient (Wildman–Crippen LogP) is 2.02. The van der Waals surface area contributed by atoms with Crippen LogP contribution in [0.15, 0.2) is 12.3 Å². The Hall–Kier alpha value is -0.840. The third-order valence-corrected chi connectivity index (χ3v) is 2.07. The Balaban J connectivity index is 3.02. The molecule has 0 bridgehead atoms. The van der Waals surface area contributed by atoms with Crippen LogP contribution < -0.4 is 0 Å². The maximum absolute atomic E-state index is 11.5. The number of hydrogen-bond donors (Lipinski definition) is 0. The largest absolute Gasteiger partial charge is 0.297 e. The van der Waals surface area contributed by atoms with Gasteiger partial charge in [-0.3, -0.25) is 9.63 Å². The molecule has 0 unspecified atom stereocenters. The van der Waals surface area contributed by atoms with Crippen LogP contribution in [0.3, 0.4) is 0 Å². The highest BCUT2D eigenvalue weighted by Gasteiger charge is 2.16. The zero-order chi connectivity index (χ0) is 10.7. The molecule has 0 saturated carbocycles. The molecule has 0 aliphatic carbocycles. The van der Waals surface area contributed by atoms with Crippen LogP contribution in [-0.2, 0) is 4.84 Å². The van der Waals surface area contributed by atoms with Gasteiger partial charge in [-0.25, -0.2) is 10.0 Å². The van der Waals surface area contributed by atoms with E-state index in [0.29, 0.717) is 5.02 Å². The number of pyridine rings is 1. The van der Waals surface area contributed by atoms with Crippen LogP contribution in [0.25, 0.3) is 0 Å². The summed E-state index contributed by atoms with van der Waals surface area (Å²) in [6.07, 6.45) is 1.35. The summed E-state index contributed by atoms with van der Waals surface area (Å²) in [6, 6.07) is 1.45. The van der Waals surface area contributed by atoms with Crippen molar-refractivity contribution in [2.24, 2.45) is 0 Å². The fourth-order valence-corrected chi connectivity index (χ4v) is 1.26. The van der Waals surface area contributed by atoms with Gasteiger partial charge < -0.3 is 0 Å². The van der Waals surface area contributed by atoms with Crippen LogP contribution in [0.4, 0.5) is 0 Å². The third kappa shape index (κ3) is 2.35. The monoisotopic (exact) mass is 234 g/mol. The normalized spacial score (nSPS) is 10.0. The molecule has 0 saturated heterocycles. The van der Waals surface area contributed by atoms with Gasteiger partial charge in [-0.1, -0.05) is 23.2 Å². The Labute approximate surface area is 91.3 Å². The van der Waals surface area contributed by atoms with E-state index in [2.05, 4.69) is 4.98 Å². The van der Waals surface area contributed by atoms with Crippen molar-refractivity contribution in [3.8, 4) is 0 Å². The second-order valence-corrected chi connectivity index (χ2v) is 3.31. The maximum atomic E-state index is 11.5. The van der Waals surface area contributed by atoms with E-state index in [1.807, 2.05) is 0 Å². The summed E-state index contributed by atoms with van der Waals surface area (Å²) < 4.78 is 0. The summed E-state index contributed by atoms with van der Waals surface area (Å²) in [5.41, 5.74) is 0.111. The fraction of sp³-hybridized carbons (Fsp3) is 0.250.